The first-order valence-electron chi connectivity index (χ1n) is 6.13. The molecule has 0 spiro atoms. The van der Waals surface area contributed by atoms with Crippen LogP contribution in [0, 0.1) is 5.82 Å². The summed E-state index contributed by atoms with van der Waals surface area (Å²) in [6, 6.07) is 3.14. The SMILES string of the molecule is CCN(C(=O)Nc1cc(C(=O)O)ccc1F)C1CC1. The van der Waals surface area contributed by atoms with E-state index in [1.807, 2.05) is 6.92 Å². The van der Waals surface area contributed by atoms with Gasteiger partial charge in [-0.05, 0) is 38.0 Å². The highest BCUT2D eigenvalue weighted by molar-refractivity contribution is 5.93. The van der Waals surface area contributed by atoms with Crippen LogP contribution < -0.4 is 5.32 Å². The average Bonchev–Trinajstić information content (AvgIpc) is 3.17. The first-order valence-corrected chi connectivity index (χ1v) is 6.13. The third-order valence-electron chi connectivity index (χ3n) is 3.04. The smallest absolute Gasteiger partial charge is 0.335 e. The van der Waals surface area contributed by atoms with E-state index in [2.05, 4.69) is 5.32 Å². The zero-order chi connectivity index (χ0) is 14.0. The van der Waals surface area contributed by atoms with E-state index in [0.29, 0.717) is 6.54 Å². The lowest BCUT2D eigenvalue weighted by atomic mass is 10.2. The summed E-state index contributed by atoms with van der Waals surface area (Å²) in [5, 5.41) is 11.3. The maximum Gasteiger partial charge on any atom is 0.335 e. The van der Waals surface area contributed by atoms with Crippen molar-refractivity contribution >= 4 is 17.7 Å². The maximum absolute atomic E-state index is 13.6. The van der Waals surface area contributed by atoms with Crippen molar-refractivity contribution < 1.29 is 19.1 Å². The number of hydrogen-bond donors (Lipinski definition) is 2. The molecule has 0 saturated heterocycles. The molecule has 1 aromatic rings. The minimum Gasteiger partial charge on any atom is -0.478 e. The number of amides is 2. The van der Waals surface area contributed by atoms with Crippen LogP contribution in [0.2, 0.25) is 0 Å². The number of halogens is 1. The van der Waals surface area contributed by atoms with Gasteiger partial charge in [-0.1, -0.05) is 0 Å². The second-order valence-electron chi connectivity index (χ2n) is 4.45. The van der Waals surface area contributed by atoms with Crippen LogP contribution in [0.4, 0.5) is 14.9 Å². The molecule has 1 aliphatic carbocycles. The first-order chi connectivity index (χ1) is 9.02. The van der Waals surface area contributed by atoms with Gasteiger partial charge in [-0.2, -0.15) is 0 Å². The van der Waals surface area contributed by atoms with E-state index in [9.17, 15) is 14.0 Å². The summed E-state index contributed by atoms with van der Waals surface area (Å²) in [7, 11) is 0. The van der Waals surface area contributed by atoms with Crippen LogP contribution in [0.3, 0.4) is 0 Å². The molecule has 2 rings (SSSR count). The van der Waals surface area contributed by atoms with E-state index >= 15 is 0 Å². The van der Waals surface area contributed by atoms with Crippen LogP contribution in [-0.4, -0.2) is 34.6 Å². The molecular formula is C13H15FN2O3. The molecule has 0 unspecified atom stereocenters. The van der Waals surface area contributed by atoms with Gasteiger partial charge in [0.05, 0.1) is 11.3 Å². The van der Waals surface area contributed by atoms with E-state index in [-0.39, 0.29) is 17.3 Å². The quantitative estimate of drug-likeness (QED) is 0.879. The molecule has 1 saturated carbocycles. The molecule has 2 amide bonds. The fourth-order valence-corrected chi connectivity index (χ4v) is 1.89. The van der Waals surface area contributed by atoms with Crippen molar-refractivity contribution in [3.63, 3.8) is 0 Å². The van der Waals surface area contributed by atoms with Crippen LogP contribution in [0.25, 0.3) is 0 Å². The molecule has 0 radical (unpaired) electrons. The van der Waals surface area contributed by atoms with E-state index < -0.39 is 17.8 Å². The molecule has 6 heteroatoms. The van der Waals surface area contributed by atoms with Crippen molar-refractivity contribution in [1.29, 1.82) is 0 Å². The number of anilines is 1. The Labute approximate surface area is 110 Å². The predicted octanol–water partition coefficient (Wildman–Crippen LogP) is 2.54. The highest BCUT2D eigenvalue weighted by Gasteiger charge is 2.31. The topological polar surface area (TPSA) is 69.6 Å². The van der Waals surface area contributed by atoms with E-state index in [0.717, 1.165) is 31.0 Å². The number of carbonyl (C=O) groups excluding carboxylic acids is 1. The molecule has 19 heavy (non-hydrogen) atoms. The second kappa shape index (κ2) is 5.26. The van der Waals surface area contributed by atoms with Gasteiger partial charge in [-0.3, -0.25) is 0 Å². The summed E-state index contributed by atoms with van der Waals surface area (Å²) in [6.45, 7) is 2.39. The molecule has 0 aliphatic heterocycles. The number of carboxylic acid groups (broad SMARTS) is 1. The monoisotopic (exact) mass is 266 g/mol. The molecule has 0 bridgehead atoms. The molecule has 1 aromatic carbocycles. The molecule has 102 valence electrons. The van der Waals surface area contributed by atoms with Crippen molar-refractivity contribution in [3.8, 4) is 0 Å². The highest BCUT2D eigenvalue weighted by Crippen LogP contribution is 2.27. The molecule has 1 fully saturated rings. The molecule has 0 aromatic heterocycles. The number of nitrogens with zero attached hydrogens (tertiary/aromatic N) is 1. The molecular weight excluding hydrogens is 251 g/mol. The van der Waals surface area contributed by atoms with Crippen molar-refractivity contribution in [2.24, 2.45) is 0 Å². The second-order valence-corrected chi connectivity index (χ2v) is 4.45. The number of rotatable bonds is 4. The van der Waals surface area contributed by atoms with Crippen molar-refractivity contribution in [1.82, 2.24) is 4.90 Å². The Balaban J connectivity index is 2.15. The normalized spacial score (nSPS) is 14.0. The minimum atomic E-state index is -1.16. The predicted molar refractivity (Wildman–Crippen MR) is 67.8 cm³/mol. The van der Waals surface area contributed by atoms with Crippen LogP contribution in [0.1, 0.15) is 30.1 Å². The van der Waals surface area contributed by atoms with Gasteiger partial charge in [0.15, 0.2) is 0 Å². The number of urea groups is 1. The van der Waals surface area contributed by atoms with Crippen LogP contribution in [-0.2, 0) is 0 Å². The summed E-state index contributed by atoms with van der Waals surface area (Å²) in [5.41, 5.74) is -0.171. The lowest BCUT2D eigenvalue weighted by molar-refractivity contribution is 0.0697. The third kappa shape index (κ3) is 3.01. The van der Waals surface area contributed by atoms with Crippen molar-refractivity contribution in [2.45, 2.75) is 25.8 Å². The van der Waals surface area contributed by atoms with E-state index in [1.165, 1.54) is 0 Å². The molecule has 1 aliphatic rings. The summed E-state index contributed by atoms with van der Waals surface area (Å²) in [5.74, 6) is -1.81. The Morgan fingerprint density at radius 1 is 1.47 bits per heavy atom. The van der Waals surface area contributed by atoms with Gasteiger partial charge in [0.2, 0.25) is 0 Å². The minimum absolute atomic E-state index is 0.0637. The summed E-state index contributed by atoms with van der Waals surface area (Å²) >= 11 is 0. The van der Waals surface area contributed by atoms with Gasteiger partial charge < -0.3 is 15.3 Å². The Morgan fingerprint density at radius 3 is 2.68 bits per heavy atom. The third-order valence-corrected chi connectivity index (χ3v) is 3.04. The first kappa shape index (κ1) is 13.3. The average molecular weight is 266 g/mol. The molecule has 2 N–H and O–H groups in total. The number of carbonyl (C=O) groups is 2. The lowest BCUT2D eigenvalue weighted by Gasteiger charge is -2.21. The Kier molecular flexibility index (Phi) is 3.69. The summed E-state index contributed by atoms with van der Waals surface area (Å²) < 4.78 is 13.6. The van der Waals surface area contributed by atoms with Crippen molar-refractivity contribution in [2.75, 3.05) is 11.9 Å². The summed E-state index contributed by atoms with van der Waals surface area (Å²) in [6.07, 6.45) is 1.91. The van der Waals surface area contributed by atoms with Gasteiger partial charge in [-0.15, -0.1) is 0 Å². The highest BCUT2D eigenvalue weighted by atomic mass is 19.1. The van der Waals surface area contributed by atoms with Crippen molar-refractivity contribution in [3.05, 3.63) is 29.6 Å². The number of aromatic carboxylic acids is 1. The van der Waals surface area contributed by atoms with Crippen LogP contribution in [0.15, 0.2) is 18.2 Å². The zero-order valence-electron chi connectivity index (χ0n) is 10.5. The molecule has 0 heterocycles. The van der Waals surface area contributed by atoms with Gasteiger partial charge >= 0.3 is 12.0 Å². The fourth-order valence-electron chi connectivity index (χ4n) is 1.89. The van der Waals surface area contributed by atoms with Gasteiger partial charge in [0.25, 0.3) is 0 Å². The summed E-state index contributed by atoms with van der Waals surface area (Å²) in [4.78, 5) is 24.4. The fraction of sp³-hybridized carbons (Fsp3) is 0.385. The maximum atomic E-state index is 13.6. The number of hydrogen-bond acceptors (Lipinski definition) is 2. The van der Waals surface area contributed by atoms with Crippen LogP contribution >= 0.6 is 0 Å². The standard InChI is InChI=1S/C13H15FN2O3/c1-2-16(9-4-5-9)13(19)15-11-7-8(12(17)18)3-6-10(11)14/h3,6-7,9H,2,4-5H2,1H3,(H,15,19)(H,17,18). The van der Waals surface area contributed by atoms with E-state index in [4.69, 9.17) is 5.11 Å². The zero-order valence-corrected chi connectivity index (χ0v) is 10.5. The lowest BCUT2D eigenvalue weighted by Crippen LogP contribution is -2.36. The van der Waals surface area contributed by atoms with Crippen LogP contribution in [0.5, 0.6) is 0 Å². The Hall–Kier alpha value is -2.11. The van der Waals surface area contributed by atoms with Gasteiger partial charge in [-0.25, -0.2) is 14.0 Å². The number of nitrogens with one attached hydrogen (secondary N) is 1. The Morgan fingerprint density at radius 2 is 2.16 bits per heavy atom. The molecule has 5 nitrogen and oxygen atoms in total. The Bertz CT molecular complexity index is 515. The number of carboxylic acids is 1. The van der Waals surface area contributed by atoms with Gasteiger partial charge in [0.1, 0.15) is 5.82 Å². The number of benzene rings is 1. The van der Waals surface area contributed by atoms with Gasteiger partial charge in [0, 0.05) is 12.6 Å². The molecule has 0 atom stereocenters. The largest absolute Gasteiger partial charge is 0.478 e. The van der Waals surface area contributed by atoms with E-state index in [1.54, 1.807) is 4.90 Å².